The Bertz CT molecular complexity index is 1120. The van der Waals surface area contributed by atoms with Gasteiger partial charge < -0.3 is 5.32 Å². The van der Waals surface area contributed by atoms with E-state index in [1.165, 1.54) is 5.56 Å². The number of nitrogens with one attached hydrogen (secondary N) is 1. The van der Waals surface area contributed by atoms with Gasteiger partial charge in [0.25, 0.3) is 5.91 Å². The highest BCUT2D eigenvalue weighted by molar-refractivity contribution is 6.32. The van der Waals surface area contributed by atoms with Gasteiger partial charge >= 0.3 is 0 Å². The monoisotopic (exact) mass is 429 g/mol. The minimum Gasteiger partial charge on any atom is -0.323 e. The quantitative estimate of drug-likeness (QED) is 0.624. The minimum absolute atomic E-state index is 0.0265. The first-order chi connectivity index (χ1) is 15.1. The van der Waals surface area contributed by atoms with Crippen molar-refractivity contribution < 1.29 is 4.79 Å². The molecule has 3 aromatic rings. The Morgan fingerprint density at radius 3 is 2.32 bits per heavy atom. The normalized spacial score (nSPS) is 18.1. The maximum atomic E-state index is 13.4. The molecule has 1 amide bonds. The summed E-state index contributed by atoms with van der Waals surface area (Å²) in [6, 6.07) is 26.1. The molecule has 1 fully saturated rings. The smallest absolute Gasteiger partial charge is 0.252 e. The summed E-state index contributed by atoms with van der Waals surface area (Å²) < 4.78 is 0. The molecule has 3 aromatic carbocycles. The van der Waals surface area contributed by atoms with Crippen LogP contribution >= 0.6 is 11.6 Å². The number of nitrogens with zero attached hydrogens (tertiary/aromatic N) is 2. The molecule has 0 radical (unpaired) electrons. The van der Waals surface area contributed by atoms with E-state index in [4.69, 9.17) is 16.6 Å². The number of hydrogen-bond acceptors (Lipinski definition) is 3. The molecule has 1 N–H and O–H groups in total. The van der Waals surface area contributed by atoms with Crippen molar-refractivity contribution in [3.63, 3.8) is 0 Å². The fourth-order valence-electron chi connectivity index (χ4n) is 4.46. The zero-order valence-corrected chi connectivity index (χ0v) is 18.0. The minimum atomic E-state index is -0.774. The number of anilines is 1. The number of fused-ring (bicyclic) bond motifs is 1. The highest BCUT2D eigenvalue weighted by atomic mass is 35.5. The molecule has 4 nitrogen and oxygen atoms in total. The van der Waals surface area contributed by atoms with Gasteiger partial charge in [0.05, 0.1) is 11.4 Å². The lowest BCUT2D eigenvalue weighted by molar-refractivity contribution is -0.122. The summed E-state index contributed by atoms with van der Waals surface area (Å²) in [4.78, 5) is 21.0. The van der Waals surface area contributed by atoms with Crippen molar-refractivity contribution in [2.24, 2.45) is 4.99 Å². The predicted octanol–water partition coefficient (Wildman–Crippen LogP) is 5.16. The molecular formula is C26H24ClN3O. The summed E-state index contributed by atoms with van der Waals surface area (Å²) in [6.07, 6.45) is 1.37. The summed E-state index contributed by atoms with van der Waals surface area (Å²) >= 11 is 6.32. The lowest BCUT2D eigenvalue weighted by atomic mass is 9.86. The largest absolute Gasteiger partial charge is 0.323 e. The maximum absolute atomic E-state index is 13.4. The van der Waals surface area contributed by atoms with Crippen LogP contribution in [0.1, 0.15) is 29.5 Å². The Balaban J connectivity index is 1.49. The van der Waals surface area contributed by atoms with Crippen LogP contribution in [0.3, 0.4) is 0 Å². The van der Waals surface area contributed by atoms with Crippen molar-refractivity contribution in [2.75, 3.05) is 18.4 Å². The molecule has 0 saturated carbocycles. The zero-order valence-electron chi connectivity index (χ0n) is 17.2. The molecule has 156 valence electrons. The van der Waals surface area contributed by atoms with Crippen molar-refractivity contribution >= 4 is 28.9 Å². The van der Waals surface area contributed by atoms with Crippen LogP contribution in [0.2, 0.25) is 5.02 Å². The topological polar surface area (TPSA) is 44.7 Å². The van der Waals surface area contributed by atoms with Gasteiger partial charge in [-0.05, 0) is 36.6 Å². The van der Waals surface area contributed by atoms with Crippen LogP contribution in [0, 0.1) is 0 Å². The molecule has 0 unspecified atom stereocenters. The summed E-state index contributed by atoms with van der Waals surface area (Å²) in [5.41, 5.74) is 3.97. The van der Waals surface area contributed by atoms with Crippen molar-refractivity contribution in [2.45, 2.75) is 24.9 Å². The third-order valence-corrected chi connectivity index (χ3v) is 6.45. The van der Waals surface area contributed by atoms with E-state index in [0.717, 1.165) is 42.2 Å². The molecule has 0 aromatic heterocycles. The van der Waals surface area contributed by atoms with Gasteiger partial charge in [0.1, 0.15) is 5.54 Å². The number of piperidine rings is 1. The van der Waals surface area contributed by atoms with Gasteiger partial charge in [-0.25, -0.2) is 0 Å². The fourth-order valence-corrected chi connectivity index (χ4v) is 4.63. The Hall–Kier alpha value is -2.95. The SMILES string of the molecule is O=C1Nc2ccc(Cl)cc2C(c2ccccc2)=NC12CCN(Cc1ccccc1)CC2. The van der Waals surface area contributed by atoms with Crippen molar-refractivity contribution in [1.29, 1.82) is 0 Å². The van der Waals surface area contributed by atoms with Gasteiger partial charge in [-0.1, -0.05) is 72.3 Å². The van der Waals surface area contributed by atoms with Crippen molar-refractivity contribution in [1.82, 2.24) is 4.90 Å². The van der Waals surface area contributed by atoms with E-state index in [0.29, 0.717) is 17.9 Å². The summed E-state index contributed by atoms with van der Waals surface area (Å²) in [5, 5.41) is 3.77. The lowest BCUT2D eigenvalue weighted by Gasteiger charge is -2.37. The second-order valence-electron chi connectivity index (χ2n) is 8.26. The van der Waals surface area contributed by atoms with Crippen LogP contribution < -0.4 is 5.32 Å². The van der Waals surface area contributed by atoms with Crippen molar-refractivity contribution in [3.05, 3.63) is 101 Å². The van der Waals surface area contributed by atoms with Crippen LogP contribution in [0.4, 0.5) is 5.69 Å². The van der Waals surface area contributed by atoms with E-state index in [2.05, 4.69) is 34.5 Å². The highest BCUT2D eigenvalue weighted by Gasteiger charge is 2.43. The van der Waals surface area contributed by atoms with Crippen molar-refractivity contribution in [3.8, 4) is 0 Å². The van der Waals surface area contributed by atoms with Crippen LogP contribution in [-0.4, -0.2) is 35.1 Å². The number of carbonyl (C=O) groups is 1. The molecule has 0 bridgehead atoms. The lowest BCUT2D eigenvalue weighted by Crippen LogP contribution is -2.50. The van der Waals surface area contributed by atoms with Gasteiger partial charge in [-0.3, -0.25) is 14.7 Å². The third-order valence-electron chi connectivity index (χ3n) is 6.21. The first-order valence-electron chi connectivity index (χ1n) is 10.7. The van der Waals surface area contributed by atoms with E-state index in [1.807, 2.05) is 54.6 Å². The molecule has 1 spiro atoms. The molecule has 5 heteroatoms. The predicted molar refractivity (Wildman–Crippen MR) is 126 cm³/mol. The van der Waals surface area contributed by atoms with Gasteiger partial charge in [0.15, 0.2) is 0 Å². The molecule has 0 atom stereocenters. The van der Waals surface area contributed by atoms with Gasteiger partial charge in [0, 0.05) is 35.8 Å². The Labute approximate surface area is 187 Å². The van der Waals surface area contributed by atoms with Crippen LogP contribution in [0.15, 0.2) is 83.9 Å². The number of hydrogen-bond donors (Lipinski definition) is 1. The standard InChI is InChI=1S/C26H24ClN3O/c27-21-11-12-23-22(17-21)24(20-9-5-2-6-10-20)29-26(25(31)28-23)13-15-30(16-14-26)18-19-7-3-1-4-8-19/h1-12,17H,13-16,18H2,(H,28,31). The number of carbonyl (C=O) groups excluding carboxylic acids is 1. The van der Waals surface area contributed by atoms with Gasteiger partial charge in [-0.15, -0.1) is 0 Å². The van der Waals surface area contributed by atoms with E-state index in [9.17, 15) is 4.79 Å². The summed E-state index contributed by atoms with van der Waals surface area (Å²) in [6.45, 7) is 2.54. The molecule has 0 aliphatic carbocycles. The summed E-state index contributed by atoms with van der Waals surface area (Å²) in [5.74, 6) is -0.0265. The highest BCUT2D eigenvalue weighted by Crippen LogP contribution is 2.35. The second kappa shape index (κ2) is 8.29. The van der Waals surface area contributed by atoms with Crippen LogP contribution in [-0.2, 0) is 11.3 Å². The zero-order chi connectivity index (χ0) is 21.3. The molecule has 5 rings (SSSR count). The Morgan fingerprint density at radius 2 is 1.61 bits per heavy atom. The number of halogens is 1. The molecule has 1 saturated heterocycles. The summed E-state index contributed by atoms with van der Waals surface area (Å²) in [7, 11) is 0. The molecular weight excluding hydrogens is 406 g/mol. The molecule has 2 aliphatic heterocycles. The van der Waals surface area contributed by atoms with Gasteiger partial charge in [-0.2, -0.15) is 0 Å². The number of benzene rings is 3. The van der Waals surface area contributed by atoms with Crippen LogP contribution in [0.5, 0.6) is 0 Å². The van der Waals surface area contributed by atoms with Crippen LogP contribution in [0.25, 0.3) is 0 Å². The molecule has 31 heavy (non-hydrogen) atoms. The molecule has 2 heterocycles. The van der Waals surface area contributed by atoms with E-state index in [1.54, 1.807) is 0 Å². The molecule has 2 aliphatic rings. The average molecular weight is 430 g/mol. The maximum Gasteiger partial charge on any atom is 0.252 e. The van der Waals surface area contributed by atoms with E-state index < -0.39 is 5.54 Å². The first-order valence-corrected chi connectivity index (χ1v) is 11.0. The first kappa shape index (κ1) is 20.0. The van der Waals surface area contributed by atoms with Gasteiger partial charge in [0.2, 0.25) is 0 Å². The Morgan fingerprint density at radius 1 is 0.935 bits per heavy atom. The number of likely N-dealkylation sites (tertiary alicyclic amines) is 1. The number of aliphatic imine (C=N–C) groups is 1. The third kappa shape index (κ3) is 4.01. The number of amides is 1. The van der Waals surface area contributed by atoms with E-state index >= 15 is 0 Å². The average Bonchev–Trinajstić information content (AvgIpc) is 2.92. The fraction of sp³-hybridized carbons (Fsp3) is 0.231. The Kier molecular flexibility index (Phi) is 5.34. The number of rotatable bonds is 3. The second-order valence-corrected chi connectivity index (χ2v) is 8.70. The van der Waals surface area contributed by atoms with E-state index in [-0.39, 0.29) is 5.91 Å².